The molecule has 0 spiro atoms. The molecule has 0 aromatic heterocycles. The van der Waals surface area contributed by atoms with Crippen LogP contribution in [0.4, 0.5) is 0 Å². The van der Waals surface area contributed by atoms with Gasteiger partial charge in [-0.05, 0) is 0 Å². The molecule has 0 saturated heterocycles. The predicted molar refractivity (Wildman–Crippen MR) is 40.2 cm³/mol. The summed E-state index contributed by atoms with van der Waals surface area (Å²) >= 11 is 0.380. The molecule has 0 aromatic carbocycles. The SMILES string of the molecule is OCCC[Se]CC(O)CO. The van der Waals surface area contributed by atoms with Crippen molar-refractivity contribution in [1.82, 2.24) is 0 Å². The average molecular weight is 213 g/mol. The Hall–Kier alpha value is 0.399. The van der Waals surface area contributed by atoms with Crippen molar-refractivity contribution in [3.8, 4) is 0 Å². The Morgan fingerprint density at radius 3 is 2.50 bits per heavy atom. The zero-order valence-electron chi connectivity index (χ0n) is 5.86. The fourth-order valence-electron chi connectivity index (χ4n) is 0.439. The third-order valence-corrected chi connectivity index (χ3v) is 3.48. The zero-order valence-corrected chi connectivity index (χ0v) is 7.58. The second-order valence-electron chi connectivity index (χ2n) is 1.99. The van der Waals surface area contributed by atoms with Gasteiger partial charge in [0.05, 0.1) is 0 Å². The van der Waals surface area contributed by atoms with E-state index in [0.29, 0.717) is 20.3 Å². The summed E-state index contributed by atoms with van der Waals surface area (Å²) in [6.07, 6.45) is 0.275. The topological polar surface area (TPSA) is 60.7 Å². The number of aliphatic hydroxyl groups is 3. The van der Waals surface area contributed by atoms with Crippen molar-refractivity contribution >= 4 is 15.0 Å². The van der Waals surface area contributed by atoms with Gasteiger partial charge in [0.15, 0.2) is 0 Å². The minimum atomic E-state index is -0.543. The summed E-state index contributed by atoms with van der Waals surface area (Å²) < 4.78 is 0. The second-order valence-corrected chi connectivity index (χ2v) is 4.40. The maximum atomic E-state index is 8.86. The molecule has 0 rings (SSSR count). The van der Waals surface area contributed by atoms with E-state index in [-0.39, 0.29) is 13.2 Å². The number of hydrogen-bond donors (Lipinski definition) is 3. The van der Waals surface area contributed by atoms with Crippen LogP contribution < -0.4 is 0 Å². The van der Waals surface area contributed by atoms with Crippen LogP contribution in [0, 0.1) is 0 Å². The molecule has 1 unspecified atom stereocenters. The zero-order chi connectivity index (χ0) is 7.82. The first kappa shape index (κ1) is 10.4. The molecule has 4 heteroatoms. The first-order valence-electron chi connectivity index (χ1n) is 3.28. The van der Waals surface area contributed by atoms with E-state index in [2.05, 4.69) is 0 Å². The van der Waals surface area contributed by atoms with Crippen molar-refractivity contribution in [2.24, 2.45) is 0 Å². The van der Waals surface area contributed by atoms with Crippen LogP contribution in [-0.4, -0.2) is 49.6 Å². The number of hydrogen-bond acceptors (Lipinski definition) is 3. The summed E-state index contributed by atoms with van der Waals surface area (Å²) in [5.41, 5.74) is 0. The van der Waals surface area contributed by atoms with E-state index in [9.17, 15) is 0 Å². The van der Waals surface area contributed by atoms with E-state index in [1.807, 2.05) is 0 Å². The molecule has 0 aliphatic rings. The third-order valence-electron chi connectivity index (χ3n) is 0.968. The van der Waals surface area contributed by atoms with Gasteiger partial charge in [-0.25, -0.2) is 0 Å². The molecular formula is C6H14O3Se. The van der Waals surface area contributed by atoms with Gasteiger partial charge < -0.3 is 0 Å². The Morgan fingerprint density at radius 1 is 1.30 bits per heavy atom. The summed E-state index contributed by atoms with van der Waals surface area (Å²) in [4.78, 5) is 0. The fourth-order valence-corrected chi connectivity index (χ4v) is 2.28. The Labute approximate surface area is 67.2 Å². The number of aliphatic hydroxyl groups excluding tert-OH is 3. The predicted octanol–water partition coefficient (Wildman–Crippen LogP) is -0.737. The van der Waals surface area contributed by atoms with Gasteiger partial charge in [0, 0.05) is 0 Å². The molecule has 0 saturated carbocycles. The van der Waals surface area contributed by atoms with Crippen molar-refractivity contribution in [1.29, 1.82) is 0 Å². The van der Waals surface area contributed by atoms with Crippen LogP contribution in [0.15, 0.2) is 0 Å². The fraction of sp³-hybridized carbons (Fsp3) is 1.00. The normalized spacial score (nSPS) is 13.5. The summed E-state index contributed by atoms with van der Waals surface area (Å²) in [5.74, 6) is 0. The quantitative estimate of drug-likeness (QED) is 0.402. The monoisotopic (exact) mass is 214 g/mol. The Bertz CT molecular complexity index is 70.0. The van der Waals surface area contributed by atoms with Gasteiger partial charge >= 0.3 is 66.7 Å². The molecule has 0 radical (unpaired) electrons. The van der Waals surface area contributed by atoms with Gasteiger partial charge in [0.1, 0.15) is 0 Å². The summed E-state index contributed by atoms with van der Waals surface area (Å²) in [5, 5.41) is 27.3. The molecule has 62 valence electrons. The molecule has 3 N–H and O–H groups in total. The van der Waals surface area contributed by atoms with Crippen LogP contribution in [-0.2, 0) is 0 Å². The Kier molecular flexibility index (Phi) is 7.81. The molecule has 0 aromatic rings. The van der Waals surface area contributed by atoms with E-state index >= 15 is 0 Å². The van der Waals surface area contributed by atoms with Crippen LogP contribution in [0.3, 0.4) is 0 Å². The molecule has 0 fully saturated rings. The minimum absolute atomic E-state index is 0.138. The molecule has 1 atom stereocenters. The molecule has 0 heterocycles. The molecule has 3 nitrogen and oxygen atoms in total. The average Bonchev–Trinajstić information content (AvgIpc) is 1.98. The van der Waals surface area contributed by atoms with Crippen molar-refractivity contribution in [3.63, 3.8) is 0 Å². The van der Waals surface area contributed by atoms with Gasteiger partial charge in [-0.1, -0.05) is 0 Å². The van der Waals surface area contributed by atoms with E-state index in [4.69, 9.17) is 15.3 Å². The van der Waals surface area contributed by atoms with Gasteiger partial charge in [-0.3, -0.25) is 0 Å². The molecule has 0 aliphatic heterocycles. The standard InChI is InChI=1S/C6H14O3Se/c7-2-1-3-10-5-6(9)4-8/h6-9H,1-5H2. The molecule has 0 aliphatic carbocycles. The van der Waals surface area contributed by atoms with Crippen LogP contribution in [0.5, 0.6) is 0 Å². The van der Waals surface area contributed by atoms with Gasteiger partial charge in [-0.15, -0.1) is 0 Å². The van der Waals surface area contributed by atoms with Gasteiger partial charge in [-0.2, -0.15) is 0 Å². The Morgan fingerprint density at radius 2 is 2.00 bits per heavy atom. The van der Waals surface area contributed by atoms with Crippen LogP contribution in [0.1, 0.15) is 6.42 Å². The third kappa shape index (κ3) is 6.52. The van der Waals surface area contributed by atoms with E-state index < -0.39 is 6.10 Å². The van der Waals surface area contributed by atoms with E-state index in [1.54, 1.807) is 0 Å². The van der Waals surface area contributed by atoms with Crippen molar-refractivity contribution in [2.75, 3.05) is 13.2 Å². The second kappa shape index (κ2) is 7.51. The van der Waals surface area contributed by atoms with Gasteiger partial charge in [0.2, 0.25) is 0 Å². The van der Waals surface area contributed by atoms with Crippen molar-refractivity contribution in [2.45, 2.75) is 23.2 Å². The van der Waals surface area contributed by atoms with E-state index in [0.717, 1.165) is 11.7 Å². The first-order valence-corrected chi connectivity index (χ1v) is 5.71. The summed E-state index contributed by atoms with van der Waals surface area (Å²) in [6, 6.07) is 0. The van der Waals surface area contributed by atoms with Crippen LogP contribution >= 0.6 is 0 Å². The summed E-state index contributed by atoms with van der Waals surface area (Å²) in [7, 11) is 0. The van der Waals surface area contributed by atoms with Gasteiger partial charge in [0.25, 0.3) is 0 Å². The van der Waals surface area contributed by atoms with E-state index in [1.165, 1.54) is 0 Å². The Balaban J connectivity index is 2.89. The molecule has 0 bridgehead atoms. The van der Waals surface area contributed by atoms with Crippen molar-refractivity contribution in [3.05, 3.63) is 0 Å². The van der Waals surface area contributed by atoms with Crippen LogP contribution in [0.25, 0.3) is 0 Å². The molecular weight excluding hydrogens is 199 g/mol. The van der Waals surface area contributed by atoms with Crippen molar-refractivity contribution < 1.29 is 15.3 Å². The maximum absolute atomic E-state index is 8.86. The van der Waals surface area contributed by atoms with Crippen LogP contribution in [0.2, 0.25) is 10.6 Å². The number of rotatable bonds is 6. The summed E-state index contributed by atoms with van der Waals surface area (Å²) in [6.45, 7) is 0.0951. The molecule has 0 amide bonds. The molecule has 10 heavy (non-hydrogen) atoms. The first-order chi connectivity index (χ1) is 4.81.